The zero-order valence-corrected chi connectivity index (χ0v) is 12.8. The first-order valence-corrected chi connectivity index (χ1v) is 7.27. The van der Waals surface area contributed by atoms with Crippen LogP contribution in [-0.2, 0) is 6.42 Å². The van der Waals surface area contributed by atoms with Crippen LogP contribution >= 0.6 is 0 Å². The van der Waals surface area contributed by atoms with Gasteiger partial charge in [-0.15, -0.1) is 0 Å². The van der Waals surface area contributed by atoms with E-state index in [9.17, 15) is 13.2 Å². The lowest BCUT2D eigenvalue weighted by Crippen LogP contribution is -2.29. The lowest BCUT2D eigenvalue weighted by atomic mass is 10.1. The van der Waals surface area contributed by atoms with Crippen LogP contribution in [0.5, 0.6) is 0 Å². The maximum absolute atomic E-state index is 13.2. The van der Waals surface area contributed by atoms with Crippen molar-refractivity contribution in [2.24, 2.45) is 10.7 Å². The Morgan fingerprint density at radius 2 is 2.08 bits per heavy atom. The van der Waals surface area contributed by atoms with Crippen molar-refractivity contribution in [1.29, 1.82) is 0 Å². The van der Waals surface area contributed by atoms with Crippen LogP contribution in [0.3, 0.4) is 0 Å². The van der Waals surface area contributed by atoms with Crippen molar-refractivity contribution < 1.29 is 13.2 Å². The molecular formula is C15H14F3N7. The van der Waals surface area contributed by atoms with E-state index in [4.69, 9.17) is 5.73 Å². The molecule has 3 rings (SSSR count). The van der Waals surface area contributed by atoms with E-state index in [1.165, 1.54) is 24.9 Å². The van der Waals surface area contributed by atoms with Crippen LogP contribution in [0.4, 0.5) is 13.2 Å². The van der Waals surface area contributed by atoms with Gasteiger partial charge >= 0.3 is 6.18 Å². The smallest absolute Gasteiger partial charge is 0.404 e. The molecule has 0 fully saturated rings. The van der Waals surface area contributed by atoms with E-state index in [1.807, 2.05) is 0 Å². The molecule has 7 nitrogen and oxygen atoms in total. The minimum absolute atomic E-state index is 0.202. The molecule has 10 heteroatoms. The third-order valence-electron chi connectivity index (χ3n) is 3.52. The van der Waals surface area contributed by atoms with Crippen molar-refractivity contribution in [3.8, 4) is 0 Å². The number of aromatic nitrogens is 5. The Bertz CT molecular complexity index is 893. The number of nitrogens with one attached hydrogen (secondary N) is 2. The van der Waals surface area contributed by atoms with Gasteiger partial charge in [0.2, 0.25) is 0 Å². The van der Waals surface area contributed by atoms with Gasteiger partial charge in [-0.3, -0.25) is 4.99 Å². The highest BCUT2D eigenvalue weighted by molar-refractivity contribution is 6.13. The molecule has 0 saturated heterocycles. The summed E-state index contributed by atoms with van der Waals surface area (Å²) in [7, 11) is 0. The van der Waals surface area contributed by atoms with Gasteiger partial charge < -0.3 is 15.7 Å². The Kier molecular flexibility index (Phi) is 4.50. The molecule has 0 aliphatic heterocycles. The summed E-state index contributed by atoms with van der Waals surface area (Å²) in [4.78, 5) is 21.2. The first-order valence-electron chi connectivity index (χ1n) is 7.27. The predicted octanol–water partition coefficient (Wildman–Crippen LogP) is 2.22. The van der Waals surface area contributed by atoms with E-state index >= 15 is 0 Å². The molecule has 1 unspecified atom stereocenters. The Hall–Kier alpha value is -3.17. The average Bonchev–Trinajstić information content (AvgIpc) is 3.24. The van der Waals surface area contributed by atoms with E-state index in [0.29, 0.717) is 16.7 Å². The van der Waals surface area contributed by atoms with E-state index in [0.717, 1.165) is 6.21 Å². The molecule has 3 aromatic heterocycles. The SMILES string of the molecule is NC=C(C=NC(Cc1ncc[nH]1)C(F)(F)F)c1ncnc2[nH]ccc12. The molecule has 1 atom stereocenters. The minimum atomic E-state index is -4.52. The molecule has 0 aliphatic carbocycles. The summed E-state index contributed by atoms with van der Waals surface area (Å²) < 4.78 is 39.7. The number of fused-ring (bicyclic) bond motifs is 1. The van der Waals surface area contributed by atoms with Crippen LogP contribution in [0.2, 0.25) is 0 Å². The number of alkyl halides is 3. The van der Waals surface area contributed by atoms with Gasteiger partial charge in [-0.1, -0.05) is 0 Å². The molecule has 0 amide bonds. The summed E-state index contributed by atoms with van der Waals surface area (Å²) in [6.45, 7) is 0. The Labute approximate surface area is 139 Å². The van der Waals surface area contributed by atoms with Crippen molar-refractivity contribution in [2.75, 3.05) is 0 Å². The van der Waals surface area contributed by atoms with E-state index in [-0.39, 0.29) is 11.4 Å². The minimum Gasteiger partial charge on any atom is -0.404 e. The molecule has 3 aromatic rings. The van der Waals surface area contributed by atoms with Crippen molar-refractivity contribution in [3.63, 3.8) is 0 Å². The van der Waals surface area contributed by atoms with E-state index in [1.54, 1.807) is 12.3 Å². The number of aromatic amines is 2. The standard InChI is InChI=1S/C15H14F3N7/c16-15(17,18)11(5-12-20-3-4-21-12)23-7-9(6-19)13-10-1-2-22-14(10)25-8-24-13/h1-4,6-8,11H,5,19H2,(H,20,21)(H,22,24,25). The Morgan fingerprint density at radius 1 is 1.24 bits per heavy atom. The molecule has 0 aliphatic rings. The topological polar surface area (TPSA) is 109 Å². The van der Waals surface area contributed by atoms with Gasteiger partial charge in [0.05, 0.1) is 5.69 Å². The van der Waals surface area contributed by atoms with Crippen molar-refractivity contribution in [1.82, 2.24) is 24.9 Å². The van der Waals surface area contributed by atoms with Crippen LogP contribution in [0.15, 0.2) is 42.2 Å². The molecule has 0 saturated carbocycles. The summed E-state index contributed by atoms with van der Waals surface area (Å²) in [5.74, 6) is 0.202. The first-order chi connectivity index (χ1) is 12.0. The number of nitrogens with two attached hydrogens (primary N) is 1. The molecule has 3 heterocycles. The summed E-state index contributed by atoms with van der Waals surface area (Å²) >= 11 is 0. The fourth-order valence-electron chi connectivity index (χ4n) is 2.30. The van der Waals surface area contributed by atoms with Crippen molar-refractivity contribution >= 4 is 22.8 Å². The lowest BCUT2D eigenvalue weighted by molar-refractivity contribution is -0.146. The molecule has 0 bridgehead atoms. The van der Waals surface area contributed by atoms with E-state index in [2.05, 4.69) is 29.9 Å². The lowest BCUT2D eigenvalue weighted by Gasteiger charge is -2.15. The highest BCUT2D eigenvalue weighted by Gasteiger charge is 2.39. The summed E-state index contributed by atoms with van der Waals surface area (Å²) in [6, 6.07) is -0.233. The number of imidazole rings is 1. The molecule has 4 N–H and O–H groups in total. The van der Waals surface area contributed by atoms with Gasteiger partial charge in [-0.25, -0.2) is 15.0 Å². The maximum atomic E-state index is 13.2. The molecule has 130 valence electrons. The summed E-state index contributed by atoms with van der Waals surface area (Å²) in [5.41, 5.74) is 6.79. The zero-order valence-electron chi connectivity index (χ0n) is 12.8. The molecule has 0 radical (unpaired) electrons. The molecule has 0 spiro atoms. The monoisotopic (exact) mass is 349 g/mol. The van der Waals surface area contributed by atoms with E-state index < -0.39 is 18.6 Å². The third kappa shape index (κ3) is 3.67. The Balaban J connectivity index is 1.89. The van der Waals surface area contributed by atoms with Crippen LogP contribution in [0.1, 0.15) is 11.5 Å². The van der Waals surface area contributed by atoms with Gasteiger partial charge in [0, 0.05) is 48.4 Å². The van der Waals surface area contributed by atoms with Crippen molar-refractivity contribution in [2.45, 2.75) is 18.6 Å². The van der Waals surface area contributed by atoms with Crippen molar-refractivity contribution in [3.05, 3.63) is 48.7 Å². The number of nitrogens with zero attached hydrogens (tertiary/aromatic N) is 4. The van der Waals surface area contributed by atoms with Gasteiger partial charge in [0.25, 0.3) is 0 Å². The van der Waals surface area contributed by atoms with Crippen LogP contribution in [-0.4, -0.2) is 43.4 Å². The quantitative estimate of drug-likeness (QED) is 0.614. The highest BCUT2D eigenvalue weighted by atomic mass is 19.4. The highest BCUT2D eigenvalue weighted by Crippen LogP contribution is 2.26. The normalized spacial score (nSPS) is 14.4. The second kappa shape index (κ2) is 6.75. The summed E-state index contributed by atoms with van der Waals surface area (Å²) in [6.07, 6.45) is 3.14. The second-order valence-corrected chi connectivity index (χ2v) is 5.16. The second-order valence-electron chi connectivity index (χ2n) is 5.16. The fourth-order valence-corrected chi connectivity index (χ4v) is 2.30. The average molecular weight is 349 g/mol. The number of rotatable bonds is 5. The number of allylic oxidation sites excluding steroid dienone is 1. The van der Waals surface area contributed by atoms with Gasteiger partial charge in [-0.05, 0) is 6.07 Å². The summed E-state index contributed by atoms with van der Waals surface area (Å²) in [5, 5.41) is 0.639. The molecule has 0 aromatic carbocycles. The molecule has 25 heavy (non-hydrogen) atoms. The van der Waals surface area contributed by atoms with Crippen LogP contribution in [0, 0.1) is 0 Å². The Morgan fingerprint density at radius 3 is 2.76 bits per heavy atom. The van der Waals surface area contributed by atoms with Gasteiger partial charge in [0.1, 0.15) is 17.8 Å². The fraction of sp³-hybridized carbons (Fsp3) is 0.200. The van der Waals surface area contributed by atoms with Gasteiger partial charge in [-0.2, -0.15) is 13.2 Å². The third-order valence-corrected chi connectivity index (χ3v) is 3.52. The number of halogens is 3. The zero-order chi connectivity index (χ0) is 17.9. The largest absolute Gasteiger partial charge is 0.411 e. The first kappa shape index (κ1) is 16.7. The number of H-pyrrole nitrogens is 2. The number of hydrogen-bond acceptors (Lipinski definition) is 5. The number of aliphatic imine (C=N–C) groups is 1. The predicted molar refractivity (Wildman–Crippen MR) is 86.7 cm³/mol. The van der Waals surface area contributed by atoms with Crippen LogP contribution in [0.25, 0.3) is 16.6 Å². The number of hydrogen-bond donors (Lipinski definition) is 3. The molecular weight excluding hydrogens is 335 g/mol. The maximum Gasteiger partial charge on any atom is 0.411 e. The van der Waals surface area contributed by atoms with Gasteiger partial charge in [0.15, 0.2) is 6.04 Å². The van der Waals surface area contributed by atoms with Crippen LogP contribution < -0.4 is 5.73 Å².